The van der Waals surface area contributed by atoms with Gasteiger partial charge in [0.15, 0.2) is 0 Å². The summed E-state index contributed by atoms with van der Waals surface area (Å²) in [7, 11) is 0. The molecule has 1 aliphatic rings. The van der Waals surface area contributed by atoms with E-state index in [0.717, 1.165) is 36.6 Å². The quantitative estimate of drug-likeness (QED) is 0.321. The van der Waals surface area contributed by atoms with Crippen molar-refractivity contribution in [2.24, 2.45) is 0 Å². The van der Waals surface area contributed by atoms with Crippen LogP contribution in [0.25, 0.3) is 0 Å². The maximum atomic E-state index is 12.6. The molecule has 0 saturated heterocycles. The number of nitrogens with zero attached hydrogens (tertiary/aromatic N) is 1. The lowest BCUT2D eigenvalue weighted by molar-refractivity contribution is -0.117. The molecule has 0 aromatic heterocycles. The minimum atomic E-state index is -0.249. The van der Waals surface area contributed by atoms with Gasteiger partial charge in [-0.05, 0) is 37.0 Å². The van der Waals surface area contributed by atoms with Crippen LogP contribution >= 0.6 is 15.9 Å². The molecule has 29 heavy (non-hydrogen) atoms. The predicted molar refractivity (Wildman–Crippen MR) is 122 cm³/mol. The molecule has 2 N–H and O–H groups in total. The fourth-order valence-electron chi connectivity index (χ4n) is 3.76. The van der Waals surface area contributed by atoms with E-state index in [0.29, 0.717) is 6.54 Å². The van der Waals surface area contributed by atoms with Gasteiger partial charge in [-0.2, -0.15) is 5.26 Å². The van der Waals surface area contributed by atoms with Crippen molar-refractivity contribution in [2.75, 3.05) is 6.54 Å². The Bertz CT molecular complexity index is 666. The van der Waals surface area contributed by atoms with Crippen molar-refractivity contribution in [2.45, 2.75) is 83.1 Å². The smallest absolute Gasteiger partial charge is 0.263 e. The number of hydrogen-bond acceptors (Lipinski definition) is 3. The molecule has 5 heteroatoms. The van der Waals surface area contributed by atoms with E-state index >= 15 is 0 Å². The Labute approximate surface area is 184 Å². The maximum Gasteiger partial charge on any atom is 0.263 e. The van der Waals surface area contributed by atoms with Crippen LogP contribution in [-0.2, 0) is 11.2 Å². The molecular weight excluding hydrogens is 426 g/mol. The molecular formula is C24H34BrN3O. The third-order valence-electron chi connectivity index (χ3n) is 5.52. The molecule has 4 nitrogen and oxygen atoms in total. The van der Waals surface area contributed by atoms with Crippen LogP contribution in [0.4, 0.5) is 0 Å². The largest absolute Gasteiger partial charge is 0.389 e. The number of rotatable bonds is 6. The minimum absolute atomic E-state index is 0.159. The van der Waals surface area contributed by atoms with Crippen LogP contribution in [0.3, 0.4) is 0 Å². The number of carbonyl (C=O) groups excluding carboxylic acids is 1. The van der Waals surface area contributed by atoms with Gasteiger partial charge in [0, 0.05) is 23.3 Å². The van der Waals surface area contributed by atoms with Gasteiger partial charge in [-0.15, -0.1) is 0 Å². The highest BCUT2D eigenvalue weighted by atomic mass is 79.9. The first-order valence-electron chi connectivity index (χ1n) is 11.1. The summed E-state index contributed by atoms with van der Waals surface area (Å²) in [5, 5.41) is 15.6. The molecule has 1 saturated carbocycles. The van der Waals surface area contributed by atoms with Crippen LogP contribution in [0.15, 0.2) is 40.5 Å². The first-order valence-corrected chi connectivity index (χ1v) is 11.9. The van der Waals surface area contributed by atoms with Gasteiger partial charge >= 0.3 is 0 Å². The second kappa shape index (κ2) is 14.2. The van der Waals surface area contributed by atoms with Crippen molar-refractivity contribution in [3.05, 3.63) is 46.1 Å². The van der Waals surface area contributed by atoms with Gasteiger partial charge in [-0.1, -0.05) is 85.9 Å². The highest BCUT2D eigenvalue weighted by molar-refractivity contribution is 9.10. The monoisotopic (exact) mass is 459 g/mol. The zero-order valence-corrected chi connectivity index (χ0v) is 19.0. The zero-order chi connectivity index (χ0) is 20.7. The average Bonchev–Trinajstić information content (AvgIpc) is 2.71. The SMILES string of the molecule is N#C/C(=C/NCCc1ccc(Br)cc1)C(=O)NC1CCCCCCCCCCC1. The van der Waals surface area contributed by atoms with Crippen LogP contribution < -0.4 is 10.6 Å². The van der Waals surface area contributed by atoms with E-state index in [2.05, 4.69) is 38.7 Å². The van der Waals surface area contributed by atoms with Gasteiger partial charge in [0.05, 0.1) is 0 Å². The van der Waals surface area contributed by atoms with Gasteiger partial charge in [0.2, 0.25) is 0 Å². The van der Waals surface area contributed by atoms with E-state index in [1.807, 2.05) is 18.2 Å². The topological polar surface area (TPSA) is 64.9 Å². The second-order valence-electron chi connectivity index (χ2n) is 7.93. The first-order chi connectivity index (χ1) is 14.2. The summed E-state index contributed by atoms with van der Waals surface area (Å²) in [6, 6.07) is 10.4. The van der Waals surface area contributed by atoms with Crippen LogP contribution in [0.1, 0.15) is 76.2 Å². The predicted octanol–water partition coefficient (Wildman–Crippen LogP) is 5.78. The third kappa shape index (κ3) is 9.99. The van der Waals surface area contributed by atoms with Crippen molar-refractivity contribution >= 4 is 21.8 Å². The highest BCUT2D eigenvalue weighted by Gasteiger charge is 2.15. The number of amides is 1. The van der Waals surface area contributed by atoms with Crippen LogP contribution in [0.5, 0.6) is 0 Å². The summed E-state index contributed by atoms with van der Waals surface area (Å²) in [5.74, 6) is -0.249. The number of hydrogen-bond donors (Lipinski definition) is 2. The van der Waals surface area contributed by atoms with E-state index in [1.54, 1.807) is 6.20 Å². The summed E-state index contributed by atoms with van der Waals surface area (Å²) in [5.41, 5.74) is 1.37. The van der Waals surface area contributed by atoms with E-state index in [1.165, 1.54) is 50.5 Å². The van der Waals surface area contributed by atoms with E-state index in [9.17, 15) is 10.1 Å². The van der Waals surface area contributed by atoms with E-state index in [4.69, 9.17) is 0 Å². The third-order valence-corrected chi connectivity index (χ3v) is 6.05. The molecule has 0 heterocycles. The molecule has 1 aromatic rings. The number of benzene rings is 1. The van der Waals surface area contributed by atoms with Crippen molar-refractivity contribution in [3.63, 3.8) is 0 Å². The van der Waals surface area contributed by atoms with Crippen LogP contribution in [-0.4, -0.2) is 18.5 Å². The molecule has 0 bridgehead atoms. The molecule has 1 aromatic carbocycles. The molecule has 0 atom stereocenters. The number of carbonyl (C=O) groups is 1. The van der Waals surface area contributed by atoms with Gasteiger partial charge < -0.3 is 10.6 Å². The standard InChI is InChI=1S/C24H34BrN3O/c25-22-14-12-20(13-15-22)16-17-27-19-21(18-26)24(29)28-23-10-8-6-4-2-1-3-5-7-9-11-23/h12-15,19,23,27H,1-11,16-17H2,(H,28,29)/b21-19-. The normalized spacial score (nSPS) is 17.4. The Kier molecular flexibility index (Phi) is 11.5. The molecule has 2 rings (SSSR count). The fourth-order valence-corrected chi connectivity index (χ4v) is 4.03. The Morgan fingerprint density at radius 3 is 2.10 bits per heavy atom. The number of nitriles is 1. The van der Waals surface area contributed by atoms with Gasteiger partial charge in [0.25, 0.3) is 5.91 Å². The van der Waals surface area contributed by atoms with E-state index < -0.39 is 0 Å². The van der Waals surface area contributed by atoms with Crippen LogP contribution in [0, 0.1) is 11.3 Å². The highest BCUT2D eigenvalue weighted by Crippen LogP contribution is 2.17. The minimum Gasteiger partial charge on any atom is -0.389 e. The van der Waals surface area contributed by atoms with Gasteiger partial charge in [-0.25, -0.2) is 0 Å². The molecule has 0 unspecified atom stereocenters. The maximum absolute atomic E-state index is 12.6. The Morgan fingerprint density at radius 1 is 1.00 bits per heavy atom. The van der Waals surface area contributed by atoms with Crippen molar-refractivity contribution < 1.29 is 4.79 Å². The summed E-state index contributed by atoms with van der Waals surface area (Å²) < 4.78 is 1.06. The van der Waals surface area contributed by atoms with Crippen LogP contribution in [0.2, 0.25) is 0 Å². The summed E-state index contributed by atoms with van der Waals surface area (Å²) in [6.45, 7) is 0.684. The summed E-state index contributed by atoms with van der Waals surface area (Å²) in [6.07, 6.45) is 15.9. The summed E-state index contributed by atoms with van der Waals surface area (Å²) >= 11 is 3.43. The average molecular weight is 460 g/mol. The molecule has 0 radical (unpaired) electrons. The lowest BCUT2D eigenvalue weighted by atomic mass is 9.98. The summed E-state index contributed by atoms with van der Waals surface area (Å²) in [4.78, 5) is 12.6. The lowest BCUT2D eigenvalue weighted by Gasteiger charge is -2.19. The fraction of sp³-hybridized carbons (Fsp3) is 0.583. The van der Waals surface area contributed by atoms with Crippen molar-refractivity contribution in [1.29, 1.82) is 5.26 Å². The Balaban J connectivity index is 1.80. The first kappa shape index (κ1) is 23.5. The molecule has 0 spiro atoms. The molecule has 1 amide bonds. The molecule has 0 aliphatic heterocycles. The Hall–Kier alpha value is -1.80. The second-order valence-corrected chi connectivity index (χ2v) is 8.85. The molecule has 158 valence electrons. The molecule has 1 aliphatic carbocycles. The van der Waals surface area contributed by atoms with Crippen molar-refractivity contribution in [3.8, 4) is 6.07 Å². The van der Waals surface area contributed by atoms with E-state index in [-0.39, 0.29) is 17.5 Å². The van der Waals surface area contributed by atoms with Crippen molar-refractivity contribution in [1.82, 2.24) is 10.6 Å². The Morgan fingerprint density at radius 2 is 1.55 bits per heavy atom. The van der Waals surface area contributed by atoms with Gasteiger partial charge in [-0.3, -0.25) is 4.79 Å². The molecule has 1 fully saturated rings. The van der Waals surface area contributed by atoms with Gasteiger partial charge in [0.1, 0.15) is 11.6 Å². The lowest BCUT2D eigenvalue weighted by Crippen LogP contribution is -2.36. The zero-order valence-electron chi connectivity index (χ0n) is 17.4. The number of nitrogens with one attached hydrogen (secondary N) is 2. The number of halogens is 1.